The zero-order chi connectivity index (χ0) is 13.1. The molecule has 2 aromatic rings. The molecule has 0 fully saturated rings. The summed E-state index contributed by atoms with van der Waals surface area (Å²) in [5.41, 5.74) is 1.88. The van der Waals surface area contributed by atoms with Crippen LogP contribution in [0.5, 0.6) is 0 Å². The molecule has 0 aliphatic carbocycles. The van der Waals surface area contributed by atoms with E-state index < -0.39 is 6.10 Å². The summed E-state index contributed by atoms with van der Waals surface area (Å²) >= 11 is 14.0. The molecule has 0 saturated carbocycles. The van der Waals surface area contributed by atoms with Crippen molar-refractivity contribution in [3.8, 4) is 0 Å². The van der Waals surface area contributed by atoms with Crippen molar-refractivity contribution >= 4 is 45.8 Å². The number of benzene rings is 2. The van der Waals surface area contributed by atoms with Gasteiger partial charge in [0.25, 0.3) is 0 Å². The van der Waals surface area contributed by atoms with E-state index in [1.165, 1.54) is 0 Å². The molecule has 0 heterocycles. The third-order valence-corrected chi connectivity index (χ3v) is 4.06. The minimum Gasteiger partial charge on any atom is -0.388 e. The van der Waals surface area contributed by atoms with Crippen molar-refractivity contribution in [2.24, 2.45) is 0 Å². The first-order valence-corrected chi connectivity index (χ1v) is 7.27. The van der Waals surface area contributed by atoms with Crippen LogP contribution in [0.25, 0.3) is 0 Å². The zero-order valence-corrected chi connectivity index (χ0v) is 13.1. The first-order valence-electron chi connectivity index (χ1n) is 5.44. The predicted molar refractivity (Wildman–Crippen MR) is 84.3 cm³/mol. The highest BCUT2D eigenvalue weighted by Crippen LogP contribution is 2.26. The van der Waals surface area contributed by atoms with Gasteiger partial charge in [-0.3, -0.25) is 0 Å². The Morgan fingerprint density at radius 1 is 1.06 bits per heavy atom. The van der Waals surface area contributed by atoms with Crippen LogP contribution in [0.4, 0.5) is 0 Å². The van der Waals surface area contributed by atoms with Gasteiger partial charge >= 0.3 is 0 Å². The molecule has 0 aliphatic rings. The van der Waals surface area contributed by atoms with Gasteiger partial charge in [0, 0.05) is 9.99 Å². The Morgan fingerprint density at radius 2 is 1.83 bits per heavy atom. The lowest BCUT2D eigenvalue weighted by Gasteiger charge is -2.12. The number of aliphatic hydroxyl groups excluding tert-OH is 1. The Bertz CT molecular complexity index is 557. The first-order chi connectivity index (χ1) is 8.56. The van der Waals surface area contributed by atoms with Crippen LogP contribution in [0.2, 0.25) is 10.0 Å². The monoisotopic (exact) mass is 392 g/mol. The van der Waals surface area contributed by atoms with E-state index in [9.17, 15) is 5.11 Å². The lowest BCUT2D eigenvalue weighted by molar-refractivity contribution is 0.178. The smallest absolute Gasteiger partial charge is 0.0830 e. The van der Waals surface area contributed by atoms with Crippen molar-refractivity contribution in [2.45, 2.75) is 12.5 Å². The van der Waals surface area contributed by atoms with E-state index in [4.69, 9.17) is 23.2 Å². The van der Waals surface area contributed by atoms with Crippen LogP contribution < -0.4 is 0 Å². The highest BCUT2D eigenvalue weighted by atomic mass is 127. The number of halogens is 3. The van der Waals surface area contributed by atoms with Gasteiger partial charge in [0.1, 0.15) is 0 Å². The quantitative estimate of drug-likeness (QED) is 0.738. The van der Waals surface area contributed by atoms with Gasteiger partial charge in [0.15, 0.2) is 0 Å². The minimum absolute atomic E-state index is 0.518. The second-order valence-corrected chi connectivity index (χ2v) is 6.08. The molecule has 0 aromatic heterocycles. The average Bonchev–Trinajstić information content (AvgIpc) is 2.34. The fourth-order valence-corrected chi connectivity index (χ4v) is 2.61. The standard InChI is InChI=1S/C14H11Cl2IO/c15-12-5-4-9(6-13(12)16)7-14(18)10-2-1-3-11(17)8-10/h1-6,8,14,18H,7H2. The molecule has 94 valence electrons. The fraction of sp³-hybridized carbons (Fsp3) is 0.143. The minimum atomic E-state index is -0.531. The molecule has 0 aliphatic heterocycles. The molecule has 1 nitrogen and oxygen atoms in total. The van der Waals surface area contributed by atoms with Crippen molar-refractivity contribution in [3.05, 3.63) is 67.2 Å². The molecule has 2 aromatic carbocycles. The van der Waals surface area contributed by atoms with Crippen LogP contribution in [0.15, 0.2) is 42.5 Å². The summed E-state index contributed by atoms with van der Waals surface area (Å²) in [6, 6.07) is 13.3. The number of rotatable bonds is 3. The first kappa shape index (κ1) is 14.1. The topological polar surface area (TPSA) is 20.2 Å². The van der Waals surface area contributed by atoms with E-state index in [-0.39, 0.29) is 0 Å². The van der Waals surface area contributed by atoms with Crippen LogP contribution in [-0.2, 0) is 6.42 Å². The van der Waals surface area contributed by atoms with Crippen LogP contribution in [0.3, 0.4) is 0 Å². The maximum Gasteiger partial charge on any atom is 0.0830 e. The van der Waals surface area contributed by atoms with Gasteiger partial charge in [-0.25, -0.2) is 0 Å². The van der Waals surface area contributed by atoms with E-state index >= 15 is 0 Å². The summed E-state index contributed by atoms with van der Waals surface area (Å²) < 4.78 is 1.11. The zero-order valence-electron chi connectivity index (χ0n) is 9.41. The van der Waals surface area contributed by atoms with Crippen molar-refractivity contribution in [1.82, 2.24) is 0 Å². The van der Waals surface area contributed by atoms with Crippen molar-refractivity contribution < 1.29 is 5.11 Å². The summed E-state index contributed by atoms with van der Waals surface area (Å²) in [5, 5.41) is 11.2. The molecule has 4 heteroatoms. The molecule has 1 N–H and O–H groups in total. The van der Waals surface area contributed by atoms with E-state index in [2.05, 4.69) is 22.6 Å². The van der Waals surface area contributed by atoms with E-state index in [0.29, 0.717) is 16.5 Å². The third-order valence-electron chi connectivity index (χ3n) is 2.65. The summed E-state index contributed by atoms with van der Waals surface area (Å²) in [5.74, 6) is 0. The van der Waals surface area contributed by atoms with Gasteiger partial charge in [0.2, 0.25) is 0 Å². The van der Waals surface area contributed by atoms with Gasteiger partial charge in [0.05, 0.1) is 16.1 Å². The fourth-order valence-electron chi connectivity index (χ4n) is 1.72. The van der Waals surface area contributed by atoms with E-state index in [1.54, 1.807) is 12.1 Å². The molecule has 0 spiro atoms. The largest absolute Gasteiger partial charge is 0.388 e. The predicted octanol–water partition coefficient (Wildman–Crippen LogP) is 4.87. The van der Waals surface area contributed by atoms with Crippen LogP contribution in [0.1, 0.15) is 17.2 Å². The molecule has 1 atom stereocenters. The highest BCUT2D eigenvalue weighted by Gasteiger charge is 2.10. The Labute approximate surface area is 130 Å². The van der Waals surface area contributed by atoms with Gasteiger partial charge in [-0.15, -0.1) is 0 Å². The molecular formula is C14H11Cl2IO. The second-order valence-electron chi connectivity index (χ2n) is 4.02. The number of aliphatic hydroxyl groups is 1. The van der Waals surface area contributed by atoms with Crippen LogP contribution in [-0.4, -0.2) is 5.11 Å². The van der Waals surface area contributed by atoms with E-state index in [1.807, 2.05) is 30.3 Å². The van der Waals surface area contributed by atoms with Crippen molar-refractivity contribution in [3.63, 3.8) is 0 Å². The Balaban J connectivity index is 2.16. The summed E-state index contributed by atoms with van der Waals surface area (Å²) in [7, 11) is 0. The third kappa shape index (κ3) is 3.60. The second kappa shape index (κ2) is 6.24. The lowest BCUT2D eigenvalue weighted by Crippen LogP contribution is -2.02. The molecule has 0 bridgehead atoms. The maximum atomic E-state index is 10.2. The van der Waals surface area contributed by atoms with Gasteiger partial charge in [-0.2, -0.15) is 0 Å². The SMILES string of the molecule is OC(Cc1ccc(Cl)c(Cl)c1)c1cccc(I)c1. The summed E-state index contributed by atoms with van der Waals surface area (Å²) in [6.07, 6.45) is -0.00581. The van der Waals surface area contributed by atoms with Crippen molar-refractivity contribution in [1.29, 1.82) is 0 Å². The Kier molecular flexibility index (Phi) is 4.90. The van der Waals surface area contributed by atoms with Gasteiger partial charge < -0.3 is 5.11 Å². The average molecular weight is 393 g/mol. The number of hydrogen-bond acceptors (Lipinski definition) is 1. The summed E-state index contributed by atoms with van der Waals surface area (Å²) in [4.78, 5) is 0. The lowest BCUT2D eigenvalue weighted by atomic mass is 10.0. The molecular weight excluding hydrogens is 382 g/mol. The molecule has 18 heavy (non-hydrogen) atoms. The molecule has 2 rings (SSSR count). The Hall–Kier alpha value is -0.290. The van der Waals surface area contributed by atoms with Gasteiger partial charge in [-0.1, -0.05) is 41.4 Å². The molecule has 0 radical (unpaired) electrons. The van der Waals surface area contributed by atoms with Crippen LogP contribution >= 0.6 is 45.8 Å². The van der Waals surface area contributed by atoms with Crippen molar-refractivity contribution in [2.75, 3.05) is 0 Å². The molecule has 0 amide bonds. The number of hydrogen-bond donors (Lipinski definition) is 1. The highest BCUT2D eigenvalue weighted by molar-refractivity contribution is 14.1. The summed E-state index contributed by atoms with van der Waals surface area (Å²) in [6.45, 7) is 0. The van der Waals surface area contributed by atoms with Gasteiger partial charge in [-0.05, 0) is 58.0 Å². The normalized spacial score (nSPS) is 12.4. The van der Waals surface area contributed by atoms with Crippen LogP contribution in [0, 0.1) is 3.57 Å². The Morgan fingerprint density at radius 3 is 2.50 bits per heavy atom. The van der Waals surface area contributed by atoms with E-state index in [0.717, 1.165) is 14.7 Å². The maximum absolute atomic E-state index is 10.2. The molecule has 1 unspecified atom stereocenters. The molecule has 0 saturated heterocycles.